The van der Waals surface area contributed by atoms with Crippen LogP contribution >= 0.6 is 11.6 Å². The number of nitrogens with one attached hydrogen (secondary N) is 1. The molecule has 2 aromatic carbocycles. The highest BCUT2D eigenvalue weighted by Gasteiger charge is 2.17. The summed E-state index contributed by atoms with van der Waals surface area (Å²) < 4.78 is 25.6. The van der Waals surface area contributed by atoms with Gasteiger partial charge in [-0.3, -0.25) is 10.3 Å². The SMILES string of the molecule is COc1ccc(Cc2ccc(COC(=O)NCO)nc2)c(F)c1-c1cccc(Cl)c1. The van der Waals surface area contributed by atoms with Crippen molar-refractivity contribution in [1.29, 1.82) is 0 Å². The standard InChI is InChI=1S/C22H20ClFN2O4/c1-29-19-8-6-16(21(24)20(19)15-3-2-4-17(23)10-15)9-14-5-7-18(25-11-14)12-30-22(28)26-13-27/h2-8,10-11,27H,9,12-13H2,1H3,(H,26,28). The van der Waals surface area contributed by atoms with Crippen LogP contribution < -0.4 is 10.1 Å². The third-order valence-electron chi connectivity index (χ3n) is 4.37. The Labute approximate surface area is 178 Å². The van der Waals surface area contributed by atoms with Crippen molar-refractivity contribution in [2.75, 3.05) is 13.8 Å². The summed E-state index contributed by atoms with van der Waals surface area (Å²) in [7, 11) is 1.49. The van der Waals surface area contributed by atoms with Crippen molar-refractivity contribution >= 4 is 17.7 Å². The van der Waals surface area contributed by atoms with Gasteiger partial charge in [0.25, 0.3) is 0 Å². The molecule has 0 radical (unpaired) electrons. The van der Waals surface area contributed by atoms with Crippen LogP contribution in [-0.4, -0.2) is 30.0 Å². The van der Waals surface area contributed by atoms with E-state index in [0.29, 0.717) is 39.6 Å². The quantitative estimate of drug-likeness (QED) is 0.546. The molecule has 0 fully saturated rings. The summed E-state index contributed by atoms with van der Waals surface area (Å²) in [5, 5.41) is 11.2. The normalized spacial score (nSPS) is 10.5. The first-order valence-corrected chi connectivity index (χ1v) is 9.46. The number of pyridine rings is 1. The van der Waals surface area contributed by atoms with E-state index in [1.807, 2.05) is 0 Å². The van der Waals surface area contributed by atoms with Crippen LogP contribution in [0.2, 0.25) is 5.02 Å². The number of alkyl carbamates (subject to hydrolysis) is 1. The summed E-state index contributed by atoms with van der Waals surface area (Å²) in [5.41, 5.74) is 2.79. The second-order valence-electron chi connectivity index (χ2n) is 6.37. The van der Waals surface area contributed by atoms with E-state index < -0.39 is 12.8 Å². The number of carbonyl (C=O) groups excluding carboxylic acids is 1. The van der Waals surface area contributed by atoms with Crippen molar-refractivity contribution in [3.63, 3.8) is 0 Å². The Morgan fingerprint density at radius 3 is 2.73 bits per heavy atom. The third-order valence-corrected chi connectivity index (χ3v) is 4.61. The number of aromatic nitrogens is 1. The molecule has 0 atom stereocenters. The Hall–Kier alpha value is -3.16. The van der Waals surface area contributed by atoms with Crippen LogP contribution in [0.1, 0.15) is 16.8 Å². The van der Waals surface area contributed by atoms with Crippen LogP contribution in [0.4, 0.5) is 9.18 Å². The highest BCUT2D eigenvalue weighted by Crippen LogP contribution is 2.36. The molecule has 1 heterocycles. The van der Waals surface area contributed by atoms with Gasteiger partial charge in [-0.2, -0.15) is 0 Å². The predicted octanol–water partition coefficient (Wildman–Crippen LogP) is 4.32. The van der Waals surface area contributed by atoms with Crippen molar-refractivity contribution in [3.05, 3.63) is 82.4 Å². The first-order valence-electron chi connectivity index (χ1n) is 9.08. The Morgan fingerprint density at radius 2 is 2.07 bits per heavy atom. The molecular formula is C22H20ClFN2O4. The minimum absolute atomic E-state index is 0.0398. The first-order chi connectivity index (χ1) is 14.5. The number of benzene rings is 2. The maximum atomic E-state index is 15.4. The predicted molar refractivity (Wildman–Crippen MR) is 111 cm³/mol. The van der Waals surface area contributed by atoms with Crippen LogP contribution in [0, 0.1) is 5.82 Å². The lowest BCUT2D eigenvalue weighted by molar-refractivity contribution is 0.126. The topological polar surface area (TPSA) is 80.7 Å². The highest BCUT2D eigenvalue weighted by atomic mass is 35.5. The molecule has 0 unspecified atom stereocenters. The molecule has 0 aliphatic rings. The lowest BCUT2D eigenvalue weighted by Gasteiger charge is -2.14. The molecule has 1 aromatic heterocycles. The molecule has 6 nitrogen and oxygen atoms in total. The number of rotatable bonds is 7. The number of halogens is 2. The van der Waals surface area contributed by atoms with Crippen molar-refractivity contribution in [2.45, 2.75) is 13.0 Å². The van der Waals surface area contributed by atoms with Gasteiger partial charge in [-0.25, -0.2) is 9.18 Å². The monoisotopic (exact) mass is 430 g/mol. The van der Waals surface area contributed by atoms with Crippen molar-refractivity contribution in [2.24, 2.45) is 0 Å². The lowest BCUT2D eigenvalue weighted by Crippen LogP contribution is -2.24. The van der Waals surface area contributed by atoms with Gasteiger partial charge in [0.2, 0.25) is 0 Å². The molecule has 0 saturated heterocycles. The number of hydrogen-bond donors (Lipinski definition) is 2. The highest BCUT2D eigenvalue weighted by molar-refractivity contribution is 6.30. The summed E-state index contributed by atoms with van der Waals surface area (Å²) in [4.78, 5) is 15.4. The Bertz CT molecular complexity index is 1030. The molecule has 2 N–H and O–H groups in total. The van der Waals surface area contributed by atoms with Gasteiger partial charge in [-0.05, 0) is 41.0 Å². The Balaban J connectivity index is 1.80. The molecule has 1 amide bonds. The fourth-order valence-electron chi connectivity index (χ4n) is 2.94. The second kappa shape index (κ2) is 10.0. The summed E-state index contributed by atoms with van der Waals surface area (Å²) in [5.74, 6) is 0.0370. The van der Waals surface area contributed by atoms with Gasteiger partial charge < -0.3 is 14.6 Å². The van der Waals surface area contributed by atoms with Crippen LogP contribution in [0.25, 0.3) is 11.1 Å². The van der Waals surface area contributed by atoms with Crippen LogP contribution in [0.3, 0.4) is 0 Å². The van der Waals surface area contributed by atoms with Gasteiger partial charge in [0.05, 0.1) is 18.4 Å². The second-order valence-corrected chi connectivity index (χ2v) is 6.81. The molecular weight excluding hydrogens is 411 g/mol. The van der Waals surface area contributed by atoms with Gasteiger partial charge in [0.15, 0.2) is 0 Å². The lowest BCUT2D eigenvalue weighted by atomic mass is 9.97. The maximum Gasteiger partial charge on any atom is 0.409 e. The zero-order valence-electron chi connectivity index (χ0n) is 16.2. The van der Waals surface area contributed by atoms with E-state index in [1.54, 1.807) is 54.7 Å². The molecule has 30 heavy (non-hydrogen) atoms. The number of methoxy groups -OCH3 is 1. The smallest absolute Gasteiger partial charge is 0.409 e. The van der Waals surface area contributed by atoms with Crippen LogP contribution in [-0.2, 0) is 17.8 Å². The van der Waals surface area contributed by atoms with E-state index in [0.717, 1.165) is 5.56 Å². The van der Waals surface area contributed by atoms with Gasteiger partial charge >= 0.3 is 6.09 Å². The first kappa shape index (κ1) is 21.5. The Morgan fingerprint density at radius 1 is 1.23 bits per heavy atom. The van der Waals surface area contributed by atoms with Crippen molar-refractivity contribution < 1.29 is 23.8 Å². The number of nitrogens with zero attached hydrogens (tertiary/aromatic N) is 1. The molecule has 3 rings (SSSR count). The van der Waals surface area contributed by atoms with Crippen LogP contribution in [0.5, 0.6) is 5.75 Å². The van der Waals surface area contributed by atoms with Gasteiger partial charge in [-0.1, -0.05) is 35.9 Å². The maximum absolute atomic E-state index is 15.4. The molecule has 0 spiro atoms. The summed E-state index contributed by atoms with van der Waals surface area (Å²) in [6.45, 7) is -0.544. The summed E-state index contributed by atoms with van der Waals surface area (Å²) in [6, 6.07) is 13.8. The van der Waals surface area contributed by atoms with E-state index in [9.17, 15) is 4.79 Å². The number of amides is 1. The van der Waals surface area contributed by atoms with E-state index in [2.05, 4.69) is 10.3 Å². The van der Waals surface area contributed by atoms with E-state index in [-0.39, 0.29) is 12.4 Å². The number of ether oxygens (including phenoxy) is 2. The van der Waals surface area contributed by atoms with E-state index >= 15 is 4.39 Å². The number of aliphatic hydroxyl groups is 1. The average Bonchev–Trinajstić information content (AvgIpc) is 2.74. The minimum atomic E-state index is -0.739. The number of hydrogen-bond acceptors (Lipinski definition) is 5. The molecule has 0 saturated carbocycles. The summed E-state index contributed by atoms with van der Waals surface area (Å²) >= 11 is 6.07. The molecule has 8 heteroatoms. The van der Waals surface area contributed by atoms with Crippen molar-refractivity contribution in [3.8, 4) is 16.9 Å². The van der Waals surface area contributed by atoms with Gasteiger partial charge in [0.1, 0.15) is 24.9 Å². The van der Waals surface area contributed by atoms with Crippen LogP contribution in [0.15, 0.2) is 54.7 Å². The van der Waals surface area contributed by atoms with Gasteiger partial charge in [0, 0.05) is 17.6 Å². The minimum Gasteiger partial charge on any atom is -0.496 e. The third kappa shape index (κ3) is 5.25. The molecule has 3 aromatic rings. The Kier molecular flexibility index (Phi) is 7.21. The fraction of sp³-hybridized carbons (Fsp3) is 0.182. The average molecular weight is 431 g/mol. The molecule has 0 aliphatic carbocycles. The number of aliphatic hydroxyl groups excluding tert-OH is 1. The van der Waals surface area contributed by atoms with E-state index in [1.165, 1.54) is 7.11 Å². The zero-order valence-corrected chi connectivity index (χ0v) is 16.9. The van der Waals surface area contributed by atoms with Crippen molar-refractivity contribution in [1.82, 2.24) is 10.3 Å². The molecule has 156 valence electrons. The number of carbonyl (C=O) groups is 1. The largest absolute Gasteiger partial charge is 0.496 e. The zero-order chi connectivity index (χ0) is 21.5. The fourth-order valence-corrected chi connectivity index (χ4v) is 3.13. The summed E-state index contributed by atoms with van der Waals surface area (Å²) in [6.07, 6.45) is 1.19. The molecule has 0 bridgehead atoms. The van der Waals surface area contributed by atoms with Gasteiger partial charge in [-0.15, -0.1) is 0 Å². The molecule has 0 aliphatic heterocycles. The van der Waals surface area contributed by atoms with E-state index in [4.69, 9.17) is 26.2 Å².